The number of rotatable bonds is 3. The summed E-state index contributed by atoms with van der Waals surface area (Å²) in [4.78, 5) is 0. The van der Waals surface area contributed by atoms with Gasteiger partial charge in [-0.1, -0.05) is 22.0 Å². The third kappa shape index (κ3) is 2.91. The van der Waals surface area contributed by atoms with Crippen molar-refractivity contribution in [2.45, 2.75) is 19.9 Å². The Morgan fingerprint density at radius 3 is 2.40 bits per heavy atom. The Morgan fingerprint density at radius 1 is 1.10 bits per heavy atom. The minimum atomic E-state index is -0.402. The lowest BCUT2D eigenvalue weighted by atomic mass is 9.93. The second-order valence-corrected chi connectivity index (χ2v) is 5.72. The van der Waals surface area contributed by atoms with E-state index in [1.807, 2.05) is 19.9 Å². The number of aryl methyl sites for hydroxylation is 2. The van der Waals surface area contributed by atoms with Crippen LogP contribution in [0.1, 0.15) is 28.3 Å². The predicted molar refractivity (Wildman–Crippen MR) is 80.9 cm³/mol. The maximum absolute atomic E-state index is 14.3. The van der Waals surface area contributed by atoms with Gasteiger partial charge in [-0.15, -0.1) is 0 Å². The molecule has 1 atom stereocenters. The summed E-state index contributed by atoms with van der Waals surface area (Å²) in [6, 6.07) is 7.45. The van der Waals surface area contributed by atoms with Gasteiger partial charge in [-0.2, -0.15) is 0 Å². The molecule has 1 N–H and O–H groups in total. The zero-order valence-electron chi connectivity index (χ0n) is 11.6. The summed E-state index contributed by atoms with van der Waals surface area (Å²) in [6.07, 6.45) is 0. The Bertz CT molecular complexity index is 617. The molecule has 0 spiro atoms. The molecule has 0 aliphatic heterocycles. The van der Waals surface area contributed by atoms with Crippen LogP contribution in [0.25, 0.3) is 0 Å². The number of hydrogen-bond acceptors (Lipinski definition) is 1. The van der Waals surface area contributed by atoms with E-state index in [-0.39, 0.29) is 11.6 Å². The van der Waals surface area contributed by atoms with Gasteiger partial charge < -0.3 is 5.32 Å². The standard InChI is InChI=1S/C16H16BrF2N/c1-9-6-10(2)15(14(19)7-9)16(20-3)12-8-11(18)4-5-13(12)17/h4-8,16,20H,1-3H3. The molecule has 0 saturated heterocycles. The number of halogens is 3. The molecule has 0 radical (unpaired) electrons. The van der Waals surface area contributed by atoms with E-state index >= 15 is 0 Å². The second kappa shape index (κ2) is 6.02. The second-order valence-electron chi connectivity index (χ2n) is 4.86. The highest BCUT2D eigenvalue weighted by atomic mass is 79.9. The van der Waals surface area contributed by atoms with Gasteiger partial charge in [0.15, 0.2) is 0 Å². The monoisotopic (exact) mass is 339 g/mol. The predicted octanol–water partition coefficient (Wildman–Crippen LogP) is 4.65. The van der Waals surface area contributed by atoms with Crippen LogP contribution in [0.3, 0.4) is 0 Å². The average Bonchev–Trinajstić information content (AvgIpc) is 2.37. The molecule has 1 unspecified atom stereocenters. The Labute approximate surface area is 126 Å². The van der Waals surface area contributed by atoms with E-state index in [9.17, 15) is 8.78 Å². The van der Waals surface area contributed by atoms with Crippen molar-refractivity contribution in [1.82, 2.24) is 5.32 Å². The van der Waals surface area contributed by atoms with Gasteiger partial charge in [0.05, 0.1) is 6.04 Å². The summed E-state index contributed by atoms with van der Waals surface area (Å²) in [5, 5.41) is 3.07. The molecule has 4 heteroatoms. The van der Waals surface area contributed by atoms with Crippen molar-refractivity contribution >= 4 is 15.9 Å². The van der Waals surface area contributed by atoms with Crippen LogP contribution in [0.2, 0.25) is 0 Å². The fourth-order valence-corrected chi connectivity index (χ4v) is 2.96. The normalized spacial score (nSPS) is 12.5. The van der Waals surface area contributed by atoms with E-state index in [0.717, 1.165) is 15.6 Å². The van der Waals surface area contributed by atoms with Crippen LogP contribution < -0.4 is 5.32 Å². The third-order valence-corrected chi connectivity index (χ3v) is 4.05. The smallest absolute Gasteiger partial charge is 0.128 e. The van der Waals surface area contributed by atoms with Crippen molar-refractivity contribution in [3.05, 3.63) is 68.7 Å². The molecule has 0 amide bonds. The first-order valence-corrected chi connectivity index (χ1v) is 7.12. The van der Waals surface area contributed by atoms with E-state index in [1.165, 1.54) is 18.2 Å². The first-order valence-electron chi connectivity index (χ1n) is 6.33. The maximum Gasteiger partial charge on any atom is 0.128 e. The lowest BCUT2D eigenvalue weighted by Crippen LogP contribution is -2.21. The molecule has 0 bridgehead atoms. The van der Waals surface area contributed by atoms with Crippen LogP contribution in [0.4, 0.5) is 8.78 Å². The quantitative estimate of drug-likeness (QED) is 0.857. The van der Waals surface area contributed by atoms with E-state index in [4.69, 9.17) is 0 Å². The largest absolute Gasteiger partial charge is 0.309 e. The van der Waals surface area contributed by atoms with Crippen LogP contribution in [-0.2, 0) is 0 Å². The minimum absolute atomic E-state index is 0.280. The molecule has 106 valence electrons. The molecule has 0 heterocycles. The summed E-state index contributed by atoms with van der Waals surface area (Å²) >= 11 is 3.40. The molecule has 0 aliphatic rings. The Balaban J connectivity index is 2.61. The van der Waals surface area contributed by atoms with Gasteiger partial charge in [0.25, 0.3) is 0 Å². The van der Waals surface area contributed by atoms with Crippen molar-refractivity contribution in [2.75, 3.05) is 7.05 Å². The van der Waals surface area contributed by atoms with Crippen molar-refractivity contribution < 1.29 is 8.78 Å². The van der Waals surface area contributed by atoms with Gasteiger partial charge in [-0.3, -0.25) is 0 Å². The zero-order chi connectivity index (χ0) is 14.9. The minimum Gasteiger partial charge on any atom is -0.309 e. The van der Waals surface area contributed by atoms with Crippen LogP contribution >= 0.6 is 15.9 Å². The summed E-state index contributed by atoms with van der Waals surface area (Å²) in [5.41, 5.74) is 2.94. The molecule has 20 heavy (non-hydrogen) atoms. The van der Waals surface area contributed by atoms with Crippen molar-refractivity contribution in [3.8, 4) is 0 Å². The van der Waals surface area contributed by atoms with Crippen molar-refractivity contribution in [3.63, 3.8) is 0 Å². The van der Waals surface area contributed by atoms with Gasteiger partial charge >= 0.3 is 0 Å². The van der Waals surface area contributed by atoms with E-state index in [1.54, 1.807) is 13.1 Å². The zero-order valence-corrected chi connectivity index (χ0v) is 13.2. The highest BCUT2D eigenvalue weighted by Gasteiger charge is 2.21. The Morgan fingerprint density at radius 2 is 1.80 bits per heavy atom. The first kappa shape index (κ1) is 15.1. The third-order valence-electron chi connectivity index (χ3n) is 3.33. The summed E-state index contributed by atoms with van der Waals surface area (Å²) < 4.78 is 28.5. The Kier molecular flexibility index (Phi) is 4.55. The molecule has 2 aromatic rings. The fraction of sp³-hybridized carbons (Fsp3) is 0.250. The van der Waals surface area contributed by atoms with Gasteiger partial charge in [-0.05, 0) is 61.9 Å². The fourth-order valence-electron chi connectivity index (χ4n) is 2.48. The molecule has 0 fully saturated rings. The van der Waals surface area contributed by atoms with E-state index < -0.39 is 6.04 Å². The van der Waals surface area contributed by atoms with Gasteiger partial charge in [0, 0.05) is 10.0 Å². The number of benzene rings is 2. The molecule has 2 rings (SSSR count). The van der Waals surface area contributed by atoms with Crippen LogP contribution in [0.15, 0.2) is 34.8 Å². The van der Waals surface area contributed by atoms with Gasteiger partial charge in [0.2, 0.25) is 0 Å². The summed E-state index contributed by atoms with van der Waals surface area (Å²) in [6.45, 7) is 3.72. The molecule has 0 aliphatic carbocycles. The number of hydrogen-bond donors (Lipinski definition) is 1. The first-order chi connectivity index (χ1) is 9.43. The maximum atomic E-state index is 14.3. The topological polar surface area (TPSA) is 12.0 Å². The molecule has 0 aromatic heterocycles. The molecule has 1 nitrogen and oxygen atoms in total. The molecular formula is C16H16BrF2N. The number of nitrogens with one attached hydrogen (secondary N) is 1. The van der Waals surface area contributed by atoms with E-state index in [0.29, 0.717) is 11.1 Å². The van der Waals surface area contributed by atoms with Crippen molar-refractivity contribution in [2.24, 2.45) is 0 Å². The molecule has 2 aromatic carbocycles. The van der Waals surface area contributed by atoms with Gasteiger partial charge in [0.1, 0.15) is 11.6 Å². The summed E-state index contributed by atoms with van der Waals surface area (Å²) in [5.74, 6) is -0.619. The highest BCUT2D eigenvalue weighted by molar-refractivity contribution is 9.10. The van der Waals surface area contributed by atoms with E-state index in [2.05, 4.69) is 21.2 Å². The highest BCUT2D eigenvalue weighted by Crippen LogP contribution is 2.32. The summed E-state index contributed by atoms with van der Waals surface area (Å²) in [7, 11) is 1.74. The lowest BCUT2D eigenvalue weighted by Gasteiger charge is -2.22. The van der Waals surface area contributed by atoms with Crippen LogP contribution in [0, 0.1) is 25.5 Å². The average molecular weight is 340 g/mol. The van der Waals surface area contributed by atoms with Gasteiger partial charge in [-0.25, -0.2) is 8.78 Å². The SMILES string of the molecule is CNC(c1cc(F)ccc1Br)c1c(C)cc(C)cc1F. The molecule has 0 saturated carbocycles. The van der Waals surface area contributed by atoms with Crippen LogP contribution in [-0.4, -0.2) is 7.05 Å². The Hall–Kier alpha value is -1.26. The van der Waals surface area contributed by atoms with Crippen LogP contribution in [0.5, 0.6) is 0 Å². The molecular weight excluding hydrogens is 324 g/mol. The van der Waals surface area contributed by atoms with Crippen molar-refractivity contribution in [1.29, 1.82) is 0 Å². The lowest BCUT2D eigenvalue weighted by molar-refractivity contribution is 0.566.